The lowest BCUT2D eigenvalue weighted by Gasteiger charge is -2.20. The second-order valence-corrected chi connectivity index (χ2v) is 4.06. The molecule has 1 aliphatic heterocycles. The monoisotopic (exact) mass is 228 g/mol. The van der Waals surface area contributed by atoms with Crippen molar-refractivity contribution >= 4 is 11.9 Å². The van der Waals surface area contributed by atoms with E-state index in [9.17, 15) is 9.59 Å². The molecule has 0 N–H and O–H groups in total. The largest absolute Gasteiger partial charge is 0.467 e. The lowest BCUT2D eigenvalue weighted by atomic mass is 9.96. The zero-order chi connectivity index (χ0) is 12.5. The van der Waals surface area contributed by atoms with E-state index in [2.05, 4.69) is 9.47 Å². The van der Waals surface area contributed by atoms with Crippen molar-refractivity contribution in [3.8, 4) is 0 Å². The van der Waals surface area contributed by atoms with Crippen LogP contribution in [0.25, 0.3) is 0 Å². The summed E-state index contributed by atoms with van der Waals surface area (Å²) in [5, 5.41) is 0. The highest BCUT2D eigenvalue weighted by atomic mass is 16.6. The van der Waals surface area contributed by atoms with Crippen molar-refractivity contribution in [2.45, 2.75) is 32.5 Å². The van der Waals surface area contributed by atoms with E-state index in [0.29, 0.717) is 5.57 Å². The normalized spacial score (nSPS) is 23.2. The highest BCUT2D eigenvalue weighted by molar-refractivity contribution is 5.98. The quantitative estimate of drug-likeness (QED) is 0.655. The summed E-state index contributed by atoms with van der Waals surface area (Å²) in [4.78, 5) is 23.1. The molecule has 0 radical (unpaired) electrons. The molecule has 0 aromatic carbocycles. The van der Waals surface area contributed by atoms with Crippen LogP contribution in [0, 0.1) is 0 Å². The summed E-state index contributed by atoms with van der Waals surface area (Å²) in [5.41, 5.74) is 0.261. The van der Waals surface area contributed by atoms with Crippen LogP contribution in [-0.2, 0) is 23.8 Å². The maximum Gasteiger partial charge on any atom is 0.339 e. The average Bonchev–Trinajstić information content (AvgIpc) is 2.48. The van der Waals surface area contributed by atoms with Gasteiger partial charge in [0.1, 0.15) is 0 Å². The summed E-state index contributed by atoms with van der Waals surface area (Å²) in [6, 6.07) is 0. The van der Waals surface area contributed by atoms with Crippen LogP contribution < -0.4 is 0 Å². The third-order valence-corrected chi connectivity index (χ3v) is 2.80. The second-order valence-electron chi connectivity index (χ2n) is 4.06. The first kappa shape index (κ1) is 12.7. The van der Waals surface area contributed by atoms with Crippen LogP contribution in [0.5, 0.6) is 0 Å². The standard InChI is InChI=1S/C11H16O5/c1-6-7(9(12)14-4)8(10(13)15-5)16-11(6,2)3/h8H,1-5H3. The fourth-order valence-electron chi connectivity index (χ4n) is 1.61. The Bertz CT molecular complexity index is 353. The van der Waals surface area contributed by atoms with E-state index in [4.69, 9.17) is 4.74 Å². The number of methoxy groups -OCH3 is 2. The van der Waals surface area contributed by atoms with E-state index in [-0.39, 0.29) is 5.57 Å². The summed E-state index contributed by atoms with van der Waals surface area (Å²) in [7, 11) is 2.52. The summed E-state index contributed by atoms with van der Waals surface area (Å²) in [6.45, 7) is 5.32. The van der Waals surface area contributed by atoms with Gasteiger partial charge in [-0.15, -0.1) is 0 Å². The van der Waals surface area contributed by atoms with Gasteiger partial charge in [-0.25, -0.2) is 9.59 Å². The Morgan fingerprint density at radius 2 is 1.81 bits per heavy atom. The Labute approximate surface area is 94.4 Å². The second kappa shape index (κ2) is 4.25. The number of hydrogen-bond acceptors (Lipinski definition) is 5. The van der Waals surface area contributed by atoms with E-state index < -0.39 is 23.6 Å². The molecule has 16 heavy (non-hydrogen) atoms. The van der Waals surface area contributed by atoms with Gasteiger partial charge in [-0.2, -0.15) is 0 Å². The first-order valence-corrected chi connectivity index (χ1v) is 4.90. The molecular formula is C11H16O5. The molecule has 0 spiro atoms. The first-order valence-electron chi connectivity index (χ1n) is 4.90. The highest BCUT2D eigenvalue weighted by Crippen LogP contribution is 2.36. The Morgan fingerprint density at radius 1 is 1.25 bits per heavy atom. The first-order chi connectivity index (χ1) is 7.35. The number of carbonyl (C=O) groups excluding carboxylic acids is 2. The molecule has 5 heteroatoms. The van der Waals surface area contributed by atoms with Crippen LogP contribution in [0.3, 0.4) is 0 Å². The van der Waals surface area contributed by atoms with Gasteiger partial charge in [0.2, 0.25) is 0 Å². The number of hydrogen-bond donors (Lipinski definition) is 0. The van der Waals surface area contributed by atoms with E-state index in [1.54, 1.807) is 20.8 Å². The molecule has 1 heterocycles. The Balaban J connectivity index is 3.16. The van der Waals surface area contributed by atoms with Crippen molar-refractivity contribution < 1.29 is 23.8 Å². The Kier molecular flexibility index (Phi) is 3.38. The van der Waals surface area contributed by atoms with Gasteiger partial charge in [-0.05, 0) is 26.3 Å². The summed E-state index contributed by atoms with van der Waals surface area (Å²) in [5.74, 6) is -1.15. The van der Waals surface area contributed by atoms with Gasteiger partial charge in [0.25, 0.3) is 0 Å². The molecule has 1 unspecified atom stereocenters. The minimum absolute atomic E-state index is 0.236. The van der Waals surface area contributed by atoms with Crippen molar-refractivity contribution in [2.75, 3.05) is 14.2 Å². The highest BCUT2D eigenvalue weighted by Gasteiger charge is 2.45. The molecule has 90 valence electrons. The Morgan fingerprint density at radius 3 is 2.25 bits per heavy atom. The molecule has 0 aromatic heterocycles. The molecule has 5 nitrogen and oxygen atoms in total. The summed E-state index contributed by atoms with van der Waals surface area (Å²) >= 11 is 0. The van der Waals surface area contributed by atoms with Crippen LogP contribution in [0.4, 0.5) is 0 Å². The number of carbonyl (C=O) groups is 2. The van der Waals surface area contributed by atoms with Crippen molar-refractivity contribution in [1.82, 2.24) is 0 Å². The predicted octanol–water partition coefficient (Wildman–Crippen LogP) is 0.826. The molecule has 0 aliphatic carbocycles. The molecule has 0 fully saturated rings. The van der Waals surface area contributed by atoms with Gasteiger partial charge in [-0.3, -0.25) is 0 Å². The summed E-state index contributed by atoms with van der Waals surface area (Å²) in [6.07, 6.45) is -0.993. The third kappa shape index (κ3) is 1.95. The molecule has 1 rings (SSSR count). The van der Waals surface area contributed by atoms with Gasteiger partial charge in [0.15, 0.2) is 6.10 Å². The molecular weight excluding hydrogens is 212 g/mol. The van der Waals surface area contributed by atoms with E-state index in [1.807, 2.05) is 0 Å². The van der Waals surface area contributed by atoms with Gasteiger partial charge in [0, 0.05) is 0 Å². The predicted molar refractivity (Wildman–Crippen MR) is 55.7 cm³/mol. The number of rotatable bonds is 2. The third-order valence-electron chi connectivity index (χ3n) is 2.80. The fourth-order valence-corrected chi connectivity index (χ4v) is 1.61. The molecule has 1 atom stereocenters. The van der Waals surface area contributed by atoms with Crippen molar-refractivity contribution in [1.29, 1.82) is 0 Å². The fraction of sp³-hybridized carbons (Fsp3) is 0.636. The average molecular weight is 228 g/mol. The Hall–Kier alpha value is -1.36. The van der Waals surface area contributed by atoms with Gasteiger partial charge in [0.05, 0.1) is 25.4 Å². The van der Waals surface area contributed by atoms with Crippen LogP contribution in [0.1, 0.15) is 20.8 Å². The minimum atomic E-state index is -0.993. The van der Waals surface area contributed by atoms with Crippen LogP contribution in [0.15, 0.2) is 11.1 Å². The topological polar surface area (TPSA) is 61.8 Å². The van der Waals surface area contributed by atoms with Gasteiger partial charge in [-0.1, -0.05) is 0 Å². The van der Waals surface area contributed by atoms with Crippen molar-refractivity contribution in [3.63, 3.8) is 0 Å². The van der Waals surface area contributed by atoms with Gasteiger partial charge < -0.3 is 14.2 Å². The molecule has 0 saturated heterocycles. The lowest BCUT2D eigenvalue weighted by molar-refractivity contribution is -0.157. The van der Waals surface area contributed by atoms with Crippen LogP contribution >= 0.6 is 0 Å². The molecule has 1 aliphatic rings. The van der Waals surface area contributed by atoms with Gasteiger partial charge >= 0.3 is 11.9 Å². The maximum atomic E-state index is 11.6. The van der Waals surface area contributed by atoms with Crippen molar-refractivity contribution in [3.05, 3.63) is 11.1 Å². The SMILES string of the molecule is COC(=O)C1=C(C)C(C)(C)OC1C(=O)OC. The molecule has 0 amide bonds. The maximum absolute atomic E-state index is 11.6. The van der Waals surface area contributed by atoms with Crippen LogP contribution in [0.2, 0.25) is 0 Å². The van der Waals surface area contributed by atoms with Crippen molar-refractivity contribution in [2.24, 2.45) is 0 Å². The molecule has 0 bridgehead atoms. The van der Waals surface area contributed by atoms with E-state index >= 15 is 0 Å². The zero-order valence-corrected chi connectivity index (χ0v) is 10.1. The minimum Gasteiger partial charge on any atom is -0.467 e. The van der Waals surface area contributed by atoms with E-state index in [0.717, 1.165) is 0 Å². The lowest BCUT2D eigenvalue weighted by Crippen LogP contribution is -2.31. The number of ether oxygens (including phenoxy) is 3. The smallest absolute Gasteiger partial charge is 0.339 e. The molecule has 0 aromatic rings. The van der Waals surface area contributed by atoms with Crippen LogP contribution in [-0.4, -0.2) is 37.9 Å². The van der Waals surface area contributed by atoms with E-state index in [1.165, 1.54) is 14.2 Å². The molecule has 0 saturated carbocycles. The number of esters is 2. The summed E-state index contributed by atoms with van der Waals surface area (Å²) < 4.78 is 14.7. The zero-order valence-electron chi connectivity index (χ0n) is 10.1.